The molecule has 1 aromatic heterocycles. The van der Waals surface area contributed by atoms with E-state index < -0.39 is 21.5 Å². The Balaban J connectivity index is 1.25. The van der Waals surface area contributed by atoms with Crippen LogP contribution in [-0.4, -0.2) is 92.3 Å². The van der Waals surface area contributed by atoms with Crippen molar-refractivity contribution >= 4 is 32.9 Å². The van der Waals surface area contributed by atoms with E-state index in [9.17, 15) is 13.2 Å². The zero-order valence-corrected chi connectivity index (χ0v) is 32.9. The zero-order valence-electron chi connectivity index (χ0n) is 32.1. The topological polar surface area (TPSA) is 104 Å². The van der Waals surface area contributed by atoms with Gasteiger partial charge in [0.1, 0.15) is 5.75 Å². The first-order valence-electron chi connectivity index (χ1n) is 20.1. The predicted octanol–water partition coefficient (Wildman–Crippen LogP) is 7.04. The fourth-order valence-corrected chi connectivity index (χ4v) is 11.3. The molecular formula is C42H57N5O5S. The van der Waals surface area contributed by atoms with Crippen molar-refractivity contribution in [1.29, 1.82) is 0 Å². The van der Waals surface area contributed by atoms with E-state index in [1.165, 1.54) is 83.0 Å². The van der Waals surface area contributed by atoms with Crippen molar-refractivity contribution in [2.24, 2.45) is 5.41 Å². The predicted molar refractivity (Wildman–Crippen MR) is 208 cm³/mol. The molecule has 10 nitrogen and oxygen atoms in total. The third-order valence-corrected chi connectivity index (χ3v) is 15.0. The Kier molecular flexibility index (Phi) is 9.67. The highest BCUT2D eigenvalue weighted by Gasteiger charge is 2.64. The number of amides is 2. The van der Waals surface area contributed by atoms with Crippen molar-refractivity contribution in [3.63, 3.8) is 0 Å². The number of hydrogen-bond acceptors (Lipinski definition) is 6. The number of likely N-dealkylation sites (N-methyl/N-ethyl adjacent to an activating group) is 1. The summed E-state index contributed by atoms with van der Waals surface area (Å²) in [6, 6.07) is 12.0. The fraction of sp³-hybridized carbons (Fsp3) is 0.619. The maximum atomic E-state index is 15.3. The maximum absolute atomic E-state index is 15.3. The molecule has 2 atom stereocenters. The smallest absolute Gasteiger partial charge is 0.303 e. The Labute approximate surface area is 315 Å². The number of nitrogens with one attached hydrogen (secondary N) is 1. The Bertz CT molecular complexity index is 2000. The molecule has 2 aromatic carbocycles. The molecule has 0 bridgehead atoms. The van der Waals surface area contributed by atoms with E-state index >= 15 is 4.79 Å². The quantitative estimate of drug-likeness (QED) is 0.253. The number of likely N-dealkylation sites (tertiary alicyclic amines) is 1. The van der Waals surface area contributed by atoms with E-state index in [1.807, 2.05) is 25.2 Å². The van der Waals surface area contributed by atoms with Crippen molar-refractivity contribution in [2.75, 3.05) is 47.9 Å². The Hall–Kier alpha value is -3.41. The van der Waals surface area contributed by atoms with Crippen molar-refractivity contribution in [2.45, 2.75) is 114 Å². The summed E-state index contributed by atoms with van der Waals surface area (Å²) in [6.07, 6.45) is 16.3. The second-order valence-corrected chi connectivity index (χ2v) is 18.9. The standard InChI is InChI=1S/C42H57N5O5S/c1-44(2)53(50,51)43-39(48)30-16-18-33-36(24-30)47-28-42(40(49)45(3)27-41(20-10-6-11-21-41)46-22-12-7-13-23-46)26-35(42)34-25-31(52-4)17-19-32(34)38(47)37(33)29-14-8-5-9-15-29/h16-19,24-25,29,35H,5-15,20-23,26-28H2,1-4H3,(H,43,48). The number of piperidine rings is 1. The van der Waals surface area contributed by atoms with Crippen molar-refractivity contribution in [1.82, 2.24) is 23.4 Å². The second-order valence-electron chi connectivity index (χ2n) is 17.0. The second kappa shape index (κ2) is 14.0. The molecule has 8 rings (SSSR count). The SMILES string of the molecule is COc1ccc2c(c1)C1CC1(C(=O)N(C)CC1(N3CCCCC3)CCCCC1)Cn1c-2c(C2CCCCC2)c2ccc(C(=O)NS(=O)(=O)N(C)C)cc21. The number of aromatic nitrogens is 1. The highest BCUT2D eigenvalue weighted by molar-refractivity contribution is 7.87. The number of benzene rings is 2. The fourth-order valence-electron chi connectivity index (χ4n) is 10.7. The van der Waals surface area contributed by atoms with E-state index in [-0.39, 0.29) is 22.9 Å². The number of fused-ring (bicyclic) bond motifs is 7. The number of carbonyl (C=O) groups excluding carboxylic acids is 2. The van der Waals surface area contributed by atoms with E-state index in [2.05, 4.69) is 31.2 Å². The normalized spacial score (nSPS) is 24.5. The first-order valence-corrected chi connectivity index (χ1v) is 21.5. The monoisotopic (exact) mass is 743 g/mol. The molecule has 2 amide bonds. The summed E-state index contributed by atoms with van der Waals surface area (Å²) in [4.78, 5) is 33.6. The molecule has 286 valence electrons. The van der Waals surface area contributed by atoms with Gasteiger partial charge < -0.3 is 14.2 Å². The highest BCUT2D eigenvalue weighted by Crippen LogP contribution is 2.66. The molecule has 5 aliphatic rings. The third-order valence-electron chi connectivity index (χ3n) is 13.6. The number of ether oxygens (including phenoxy) is 1. The lowest BCUT2D eigenvalue weighted by molar-refractivity contribution is -0.139. The van der Waals surface area contributed by atoms with Gasteiger partial charge in [0.15, 0.2) is 0 Å². The molecule has 1 N–H and O–H groups in total. The first kappa shape index (κ1) is 36.6. The summed E-state index contributed by atoms with van der Waals surface area (Å²) in [5.74, 6) is 0.732. The number of nitrogens with zero attached hydrogens (tertiary/aromatic N) is 4. The molecule has 11 heteroatoms. The molecule has 3 heterocycles. The molecule has 1 saturated heterocycles. The van der Waals surface area contributed by atoms with Crippen LogP contribution in [0.3, 0.4) is 0 Å². The summed E-state index contributed by atoms with van der Waals surface area (Å²) in [7, 11) is 2.57. The number of carbonyl (C=O) groups is 2. The van der Waals surface area contributed by atoms with Crippen LogP contribution in [0.15, 0.2) is 36.4 Å². The largest absolute Gasteiger partial charge is 0.497 e. The molecule has 3 aliphatic carbocycles. The van der Waals surface area contributed by atoms with Gasteiger partial charge >= 0.3 is 10.2 Å². The van der Waals surface area contributed by atoms with Gasteiger partial charge in [-0.05, 0) is 105 Å². The van der Waals surface area contributed by atoms with Crippen LogP contribution in [0.5, 0.6) is 5.75 Å². The summed E-state index contributed by atoms with van der Waals surface area (Å²) in [5.41, 5.74) is 5.31. The maximum Gasteiger partial charge on any atom is 0.303 e. The molecule has 53 heavy (non-hydrogen) atoms. The molecule has 4 fully saturated rings. The minimum absolute atomic E-state index is 0.0323. The van der Waals surface area contributed by atoms with Gasteiger partial charge in [-0.1, -0.05) is 51.0 Å². The van der Waals surface area contributed by atoms with Gasteiger partial charge in [-0.3, -0.25) is 14.5 Å². The molecule has 2 unspecified atom stereocenters. The van der Waals surface area contributed by atoms with Gasteiger partial charge in [-0.25, -0.2) is 4.72 Å². The average molecular weight is 744 g/mol. The van der Waals surface area contributed by atoms with Crippen LogP contribution in [0.1, 0.15) is 123 Å². The van der Waals surface area contributed by atoms with E-state index in [0.29, 0.717) is 12.5 Å². The Morgan fingerprint density at radius 2 is 1.60 bits per heavy atom. The van der Waals surface area contributed by atoms with Gasteiger partial charge in [0.2, 0.25) is 5.91 Å². The Morgan fingerprint density at radius 1 is 0.906 bits per heavy atom. The zero-order chi connectivity index (χ0) is 37.1. The van der Waals surface area contributed by atoms with Gasteiger partial charge in [-0.2, -0.15) is 12.7 Å². The minimum atomic E-state index is -3.98. The lowest BCUT2D eigenvalue weighted by atomic mass is 9.78. The first-order chi connectivity index (χ1) is 25.5. The number of methoxy groups -OCH3 is 1. The van der Waals surface area contributed by atoms with Gasteiger partial charge in [0, 0.05) is 67.7 Å². The van der Waals surface area contributed by atoms with Crippen LogP contribution in [0, 0.1) is 5.41 Å². The van der Waals surface area contributed by atoms with Crippen LogP contribution in [-0.2, 0) is 21.5 Å². The molecule has 0 radical (unpaired) electrons. The van der Waals surface area contributed by atoms with Crippen LogP contribution in [0.25, 0.3) is 22.2 Å². The molecule has 3 saturated carbocycles. The average Bonchev–Trinajstić information content (AvgIpc) is 3.84. The van der Waals surface area contributed by atoms with Gasteiger partial charge in [0.25, 0.3) is 5.91 Å². The van der Waals surface area contributed by atoms with Crippen LogP contribution in [0.2, 0.25) is 0 Å². The summed E-state index contributed by atoms with van der Waals surface area (Å²) in [5, 5.41) is 1.09. The summed E-state index contributed by atoms with van der Waals surface area (Å²) in [6.45, 7) is 3.51. The van der Waals surface area contributed by atoms with Crippen LogP contribution in [0.4, 0.5) is 0 Å². The lowest BCUT2D eigenvalue weighted by Crippen LogP contribution is -2.59. The summed E-state index contributed by atoms with van der Waals surface area (Å²) >= 11 is 0. The number of hydrogen-bond donors (Lipinski definition) is 1. The van der Waals surface area contributed by atoms with Gasteiger partial charge in [-0.15, -0.1) is 0 Å². The lowest BCUT2D eigenvalue weighted by Gasteiger charge is -2.50. The number of rotatable bonds is 9. The minimum Gasteiger partial charge on any atom is -0.497 e. The highest BCUT2D eigenvalue weighted by atomic mass is 32.2. The molecular weight excluding hydrogens is 687 g/mol. The van der Waals surface area contributed by atoms with Crippen LogP contribution >= 0.6 is 0 Å². The Morgan fingerprint density at radius 3 is 2.30 bits per heavy atom. The van der Waals surface area contributed by atoms with E-state index in [4.69, 9.17) is 4.74 Å². The molecule has 0 spiro atoms. The third kappa shape index (κ3) is 6.38. The summed E-state index contributed by atoms with van der Waals surface area (Å²) < 4.78 is 36.7. The van der Waals surface area contributed by atoms with Gasteiger partial charge in [0.05, 0.1) is 18.2 Å². The molecule has 2 aliphatic heterocycles. The molecule has 3 aromatic rings. The van der Waals surface area contributed by atoms with E-state index in [0.717, 1.165) is 84.0 Å². The van der Waals surface area contributed by atoms with E-state index in [1.54, 1.807) is 13.2 Å². The van der Waals surface area contributed by atoms with Crippen molar-refractivity contribution in [3.05, 3.63) is 53.1 Å². The van der Waals surface area contributed by atoms with Crippen LogP contribution < -0.4 is 9.46 Å². The van der Waals surface area contributed by atoms with Crippen molar-refractivity contribution in [3.8, 4) is 17.0 Å². The van der Waals surface area contributed by atoms with Crippen molar-refractivity contribution < 1.29 is 22.7 Å².